The van der Waals surface area contributed by atoms with E-state index < -0.39 is 0 Å². The van der Waals surface area contributed by atoms with Gasteiger partial charge < -0.3 is 4.74 Å². The Morgan fingerprint density at radius 2 is 0.929 bits per heavy atom. The second kappa shape index (κ2) is 25.8. The molecule has 2 heteroatoms. The van der Waals surface area contributed by atoms with Gasteiger partial charge in [-0.05, 0) is 54.3 Å². The molecule has 2 nitrogen and oxygen atoms in total. The van der Waals surface area contributed by atoms with E-state index in [1.807, 2.05) is 0 Å². The predicted octanol–water partition coefficient (Wildman–Crippen LogP) is 13.9. The van der Waals surface area contributed by atoms with Gasteiger partial charge in [0.25, 0.3) is 0 Å². The third-order valence-corrected chi connectivity index (χ3v) is 9.17. The molecule has 0 aliphatic carbocycles. The van der Waals surface area contributed by atoms with Gasteiger partial charge in [0.2, 0.25) is 0 Å². The van der Waals surface area contributed by atoms with Gasteiger partial charge in [0.1, 0.15) is 0 Å². The Bertz CT molecular complexity index is 596. The third-order valence-electron chi connectivity index (χ3n) is 9.17. The Kier molecular flexibility index (Phi) is 25.4. The fourth-order valence-corrected chi connectivity index (χ4v) is 6.93. The second-order valence-electron chi connectivity index (χ2n) is 16.7. The molecule has 0 saturated carbocycles. The van der Waals surface area contributed by atoms with Gasteiger partial charge in [0.05, 0.1) is 6.61 Å². The zero-order chi connectivity index (χ0) is 31.7. The van der Waals surface area contributed by atoms with Gasteiger partial charge in [-0.2, -0.15) is 0 Å². The summed E-state index contributed by atoms with van der Waals surface area (Å²) in [7, 11) is 0. The van der Waals surface area contributed by atoms with Crippen LogP contribution in [0.4, 0.5) is 0 Å². The van der Waals surface area contributed by atoms with Crippen molar-refractivity contribution in [3.8, 4) is 0 Å². The number of carbonyl (C=O) groups is 1. The van der Waals surface area contributed by atoms with Gasteiger partial charge in [-0.1, -0.05) is 184 Å². The number of rotatable bonds is 28. The summed E-state index contributed by atoms with van der Waals surface area (Å²) in [5.74, 6) is 1.79. The molecule has 0 spiro atoms. The first-order chi connectivity index (χ1) is 19.8. The van der Waals surface area contributed by atoms with Crippen LogP contribution in [0.15, 0.2) is 0 Å². The van der Waals surface area contributed by atoms with Crippen LogP contribution in [-0.2, 0) is 9.53 Å². The van der Waals surface area contributed by atoms with E-state index in [4.69, 9.17) is 4.74 Å². The van der Waals surface area contributed by atoms with Crippen LogP contribution >= 0.6 is 0 Å². The van der Waals surface area contributed by atoms with Crippen molar-refractivity contribution in [1.29, 1.82) is 0 Å². The predicted molar refractivity (Wildman–Crippen MR) is 188 cm³/mol. The Hall–Kier alpha value is -0.530. The Morgan fingerprint density at radius 1 is 0.548 bits per heavy atom. The van der Waals surface area contributed by atoms with Crippen LogP contribution in [0.5, 0.6) is 0 Å². The summed E-state index contributed by atoms with van der Waals surface area (Å²) in [5, 5.41) is 0. The van der Waals surface area contributed by atoms with Gasteiger partial charge in [-0.15, -0.1) is 0 Å². The maximum atomic E-state index is 12.5. The standard InChI is InChI=1S/C40H80O2/c1-10-11-12-13-14-15-16-17-18-19-20-21-22-23-24-25-26-27-28-29-38(41)42-34-37(36(3)33-40(7,8)9)31-30-35(2)32-39(4,5)6/h35-37H,10-34H2,1-9H3. The molecule has 0 aromatic heterocycles. The van der Waals surface area contributed by atoms with E-state index in [9.17, 15) is 4.79 Å². The maximum Gasteiger partial charge on any atom is 0.305 e. The lowest BCUT2D eigenvalue weighted by Crippen LogP contribution is -2.25. The molecule has 0 radical (unpaired) electrons. The number of esters is 1. The molecule has 252 valence electrons. The highest BCUT2D eigenvalue weighted by Crippen LogP contribution is 2.34. The van der Waals surface area contributed by atoms with Crippen LogP contribution in [0.3, 0.4) is 0 Å². The average Bonchev–Trinajstić information content (AvgIpc) is 2.87. The quantitative estimate of drug-likeness (QED) is 0.0667. The Labute approximate surface area is 266 Å². The molecule has 3 atom stereocenters. The monoisotopic (exact) mass is 593 g/mol. The Balaban J connectivity index is 3.85. The molecular weight excluding hydrogens is 512 g/mol. The lowest BCUT2D eigenvalue weighted by atomic mass is 9.76. The maximum absolute atomic E-state index is 12.5. The number of hydrogen-bond acceptors (Lipinski definition) is 2. The minimum atomic E-state index is 0.0256. The normalized spacial score (nSPS) is 14.6. The molecule has 0 rings (SSSR count). The highest BCUT2D eigenvalue weighted by molar-refractivity contribution is 5.69. The average molecular weight is 593 g/mol. The van der Waals surface area contributed by atoms with Crippen molar-refractivity contribution >= 4 is 5.97 Å². The smallest absolute Gasteiger partial charge is 0.305 e. The van der Waals surface area contributed by atoms with Crippen molar-refractivity contribution in [1.82, 2.24) is 0 Å². The molecule has 0 fully saturated rings. The van der Waals surface area contributed by atoms with Gasteiger partial charge in [0, 0.05) is 6.42 Å². The number of carbonyl (C=O) groups excluding carboxylic acids is 1. The van der Waals surface area contributed by atoms with E-state index in [0.29, 0.717) is 35.7 Å². The minimum Gasteiger partial charge on any atom is -0.465 e. The first-order valence-corrected chi connectivity index (χ1v) is 19.0. The van der Waals surface area contributed by atoms with Crippen LogP contribution < -0.4 is 0 Å². The van der Waals surface area contributed by atoms with Crippen molar-refractivity contribution in [2.45, 2.75) is 216 Å². The van der Waals surface area contributed by atoms with Crippen molar-refractivity contribution in [3.63, 3.8) is 0 Å². The number of hydrogen-bond donors (Lipinski definition) is 0. The minimum absolute atomic E-state index is 0.0256. The zero-order valence-corrected chi connectivity index (χ0v) is 30.7. The molecule has 3 unspecified atom stereocenters. The fourth-order valence-electron chi connectivity index (χ4n) is 6.93. The topological polar surface area (TPSA) is 26.3 Å². The van der Waals surface area contributed by atoms with E-state index in [1.165, 1.54) is 141 Å². The van der Waals surface area contributed by atoms with Crippen molar-refractivity contribution < 1.29 is 9.53 Å². The van der Waals surface area contributed by atoms with Crippen molar-refractivity contribution in [3.05, 3.63) is 0 Å². The summed E-state index contributed by atoms with van der Waals surface area (Å²) < 4.78 is 5.87. The summed E-state index contributed by atoms with van der Waals surface area (Å²) in [6, 6.07) is 0. The summed E-state index contributed by atoms with van der Waals surface area (Å²) in [5.41, 5.74) is 0.690. The van der Waals surface area contributed by atoms with Gasteiger partial charge in [0.15, 0.2) is 0 Å². The summed E-state index contributed by atoms with van der Waals surface area (Å²) in [6.45, 7) is 21.7. The van der Waals surface area contributed by atoms with Crippen LogP contribution in [0, 0.1) is 28.6 Å². The lowest BCUT2D eigenvalue weighted by molar-refractivity contribution is -0.145. The summed E-state index contributed by atoms with van der Waals surface area (Å²) >= 11 is 0. The SMILES string of the molecule is CCCCCCCCCCCCCCCCCCCCCC(=O)OCC(CCC(C)CC(C)(C)C)C(C)CC(C)(C)C. The number of ether oxygens (including phenoxy) is 1. The molecule has 42 heavy (non-hydrogen) atoms. The molecule has 0 amide bonds. The first kappa shape index (κ1) is 41.5. The molecule has 0 aliphatic heterocycles. The fraction of sp³-hybridized carbons (Fsp3) is 0.975. The molecule has 0 aromatic carbocycles. The third kappa shape index (κ3) is 29.5. The largest absolute Gasteiger partial charge is 0.465 e. The van der Waals surface area contributed by atoms with E-state index >= 15 is 0 Å². The molecule has 0 aromatic rings. The van der Waals surface area contributed by atoms with Crippen LogP contribution in [-0.4, -0.2) is 12.6 Å². The molecule has 0 saturated heterocycles. The zero-order valence-electron chi connectivity index (χ0n) is 30.7. The molecular formula is C40H80O2. The summed E-state index contributed by atoms with van der Waals surface area (Å²) in [4.78, 5) is 12.5. The lowest BCUT2D eigenvalue weighted by Gasteiger charge is -2.31. The van der Waals surface area contributed by atoms with Gasteiger partial charge in [-0.25, -0.2) is 0 Å². The number of unbranched alkanes of at least 4 members (excludes halogenated alkanes) is 18. The van der Waals surface area contributed by atoms with Crippen LogP contribution in [0.1, 0.15) is 216 Å². The van der Waals surface area contributed by atoms with Gasteiger partial charge in [-0.3, -0.25) is 4.79 Å². The van der Waals surface area contributed by atoms with Crippen LogP contribution in [0.25, 0.3) is 0 Å². The van der Waals surface area contributed by atoms with Crippen LogP contribution in [0.2, 0.25) is 0 Å². The van der Waals surface area contributed by atoms with E-state index in [2.05, 4.69) is 62.3 Å². The van der Waals surface area contributed by atoms with Crippen molar-refractivity contribution in [2.75, 3.05) is 6.61 Å². The Morgan fingerprint density at radius 3 is 1.31 bits per heavy atom. The first-order valence-electron chi connectivity index (χ1n) is 19.0. The van der Waals surface area contributed by atoms with E-state index in [0.717, 1.165) is 12.3 Å². The van der Waals surface area contributed by atoms with E-state index in [1.54, 1.807) is 0 Å². The highest BCUT2D eigenvalue weighted by Gasteiger charge is 2.25. The molecule has 0 aliphatic rings. The molecule has 0 heterocycles. The summed E-state index contributed by atoms with van der Waals surface area (Å²) in [6.07, 6.45) is 31.6. The highest BCUT2D eigenvalue weighted by atomic mass is 16.5. The van der Waals surface area contributed by atoms with Gasteiger partial charge >= 0.3 is 5.97 Å². The second-order valence-corrected chi connectivity index (χ2v) is 16.7. The van der Waals surface area contributed by atoms with Crippen molar-refractivity contribution in [2.24, 2.45) is 28.6 Å². The molecule has 0 N–H and O–H groups in total. The van der Waals surface area contributed by atoms with E-state index in [-0.39, 0.29) is 5.97 Å². The molecule has 0 bridgehead atoms.